The molecular formula is C16H11Br2NO3. The first-order chi connectivity index (χ1) is 10.4. The molecule has 1 amide bonds. The molecule has 112 valence electrons. The molecule has 3 N–H and O–H groups in total. The van der Waals surface area contributed by atoms with Gasteiger partial charge in [-0.05, 0) is 58.8 Å². The van der Waals surface area contributed by atoms with Gasteiger partial charge in [0.1, 0.15) is 11.5 Å². The number of benzene rings is 2. The number of phenolic OH excluding ortho intramolecular Hbond substituents is 2. The van der Waals surface area contributed by atoms with Crippen LogP contribution in [-0.4, -0.2) is 16.1 Å². The molecule has 0 radical (unpaired) electrons. The third kappa shape index (κ3) is 2.42. The van der Waals surface area contributed by atoms with Gasteiger partial charge in [0, 0.05) is 20.1 Å². The molecule has 0 bridgehead atoms. The first kappa shape index (κ1) is 15.1. The average molecular weight is 425 g/mol. The normalized spacial score (nSPS) is 15.0. The zero-order chi connectivity index (χ0) is 16.0. The van der Waals surface area contributed by atoms with Gasteiger partial charge in [0.25, 0.3) is 5.91 Å². The van der Waals surface area contributed by atoms with Crippen LogP contribution in [0.1, 0.15) is 16.7 Å². The van der Waals surface area contributed by atoms with Gasteiger partial charge in [-0.15, -0.1) is 0 Å². The van der Waals surface area contributed by atoms with E-state index in [9.17, 15) is 15.0 Å². The summed E-state index contributed by atoms with van der Waals surface area (Å²) in [5.41, 5.74) is 3.22. The third-order valence-corrected chi connectivity index (χ3v) is 4.99. The van der Waals surface area contributed by atoms with Gasteiger partial charge in [-0.1, -0.05) is 15.9 Å². The van der Waals surface area contributed by atoms with Crippen molar-refractivity contribution in [1.82, 2.24) is 0 Å². The smallest absolute Gasteiger partial charge is 0.256 e. The van der Waals surface area contributed by atoms with E-state index in [1.807, 2.05) is 13.0 Å². The number of hydrogen-bond acceptors (Lipinski definition) is 3. The molecule has 0 aliphatic carbocycles. The highest BCUT2D eigenvalue weighted by molar-refractivity contribution is 9.11. The van der Waals surface area contributed by atoms with Crippen molar-refractivity contribution in [2.45, 2.75) is 6.92 Å². The SMILES string of the molecule is Cc1c(Br)cc(Br)c2c1C(=Cc1cc(O)ccc1O)C(=O)N2. The molecule has 0 saturated carbocycles. The molecule has 1 heterocycles. The van der Waals surface area contributed by atoms with Crippen LogP contribution in [0.15, 0.2) is 33.2 Å². The van der Waals surface area contributed by atoms with Crippen LogP contribution in [0.3, 0.4) is 0 Å². The maximum atomic E-state index is 12.3. The fourth-order valence-corrected chi connectivity index (χ4v) is 3.68. The highest BCUT2D eigenvalue weighted by Crippen LogP contribution is 2.43. The number of carbonyl (C=O) groups is 1. The molecule has 0 unspecified atom stereocenters. The van der Waals surface area contributed by atoms with Gasteiger partial charge in [0.2, 0.25) is 0 Å². The lowest BCUT2D eigenvalue weighted by molar-refractivity contribution is -0.110. The molecule has 0 atom stereocenters. The largest absolute Gasteiger partial charge is 0.508 e. The number of anilines is 1. The Morgan fingerprint density at radius 2 is 1.86 bits per heavy atom. The van der Waals surface area contributed by atoms with Crippen molar-refractivity contribution >= 4 is 55.1 Å². The minimum Gasteiger partial charge on any atom is -0.508 e. The number of hydrogen-bond donors (Lipinski definition) is 3. The summed E-state index contributed by atoms with van der Waals surface area (Å²) in [6.45, 7) is 1.91. The standard InChI is InChI=1S/C16H11Br2NO3/c1-7-11(17)6-12(18)15-14(7)10(16(22)19-15)5-8-4-9(20)2-3-13(8)21/h2-6,20-21H,1H3,(H,19,22). The van der Waals surface area contributed by atoms with E-state index in [0.29, 0.717) is 16.8 Å². The molecule has 0 spiro atoms. The van der Waals surface area contributed by atoms with E-state index in [1.54, 1.807) is 6.08 Å². The molecule has 0 fully saturated rings. The molecule has 0 aromatic heterocycles. The number of rotatable bonds is 1. The second-order valence-electron chi connectivity index (χ2n) is 4.97. The van der Waals surface area contributed by atoms with Gasteiger partial charge < -0.3 is 15.5 Å². The summed E-state index contributed by atoms with van der Waals surface area (Å²) >= 11 is 6.91. The van der Waals surface area contributed by atoms with Crippen LogP contribution in [0, 0.1) is 6.92 Å². The van der Waals surface area contributed by atoms with Crippen LogP contribution >= 0.6 is 31.9 Å². The monoisotopic (exact) mass is 423 g/mol. The van der Waals surface area contributed by atoms with Crippen molar-refractivity contribution < 1.29 is 15.0 Å². The Morgan fingerprint density at radius 1 is 1.14 bits per heavy atom. The van der Waals surface area contributed by atoms with Crippen molar-refractivity contribution in [3.8, 4) is 11.5 Å². The van der Waals surface area contributed by atoms with Crippen LogP contribution in [-0.2, 0) is 4.79 Å². The number of amides is 1. The summed E-state index contributed by atoms with van der Waals surface area (Å²) in [6, 6.07) is 6.07. The van der Waals surface area contributed by atoms with E-state index in [-0.39, 0.29) is 17.4 Å². The number of fused-ring (bicyclic) bond motifs is 1. The molecule has 2 aromatic rings. The Morgan fingerprint density at radius 3 is 2.59 bits per heavy atom. The van der Waals surface area contributed by atoms with Crippen LogP contribution in [0.5, 0.6) is 11.5 Å². The molecule has 1 aliphatic heterocycles. The van der Waals surface area contributed by atoms with E-state index in [2.05, 4.69) is 37.2 Å². The van der Waals surface area contributed by atoms with Gasteiger partial charge in [0.15, 0.2) is 0 Å². The average Bonchev–Trinajstić information content (AvgIpc) is 2.78. The predicted molar refractivity (Wildman–Crippen MR) is 92.9 cm³/mol. The summed E-state index contributed by atoms with van der Waals surface area (Å²) in [5, 5.41) is 22.3. The van der Waals surface area contributed by atoms with E-state index in [1.165, 1.54) is 18.2 Å². The molecule has 1 aliphatic rings. The minimum atomic E-state index is -0.250. The zero-order valence-electron chi connectivity index (χ0n) is 11.4. The lowest BCUT2D eigenvalue weighted by atomic mass is 9.99. The Labute approximate surface area is 143 Å². The van der Waals surface area contributed by atoms with Gasteiger partial charge in [0.05, 0.1) is 11.3 Å². The van der Waals surface area contributed by atoms with Crippen molar-refractivity contribution in [2.75, 3.05) is 5.32 Å². The van der Waals surface area contributed by atoms with Crippen molar-refractivity contribution in [3.05, 3.63) is 49.9 Å². The maximum absolute atomic E-state index is 12.3. The summed E-state index contributed by atoms with van der Waals surface area (Å²) < 4.78 is 1.65. The zero-order valence-corrected chi connectivity index (χ0v) is 14.6. The maximum Gasteiger partial charge on any atom is 0.256 e. The molecule has 2 aromatic carbocycles. The predicted octanol–water partition coefficient (Wildman–Crippen LogP) is 4.42. The minimum absolute atomic E-state index is 0.00161. The molecular weight excluding hydrogens is 414 g/mol. The number of halogens is 2. The molecule has 4 nitrogen and oxygen atoms in total. The lowest BCUT2D eigenvalue weighted by Gasteiger charge is -2.08. The van der Waals surface area contributed by atoms with Crippen LogP contribution in [0.25, 0.3) is 11.6 Å². The number of aromatic hydroxyl groups is 2. The van der Waals surface area contributed by atoms with E-state index < -0.39 is 0 Å². The molecule has 0 saturated heterocycles. The van der Waals surface area contributed by atoms with E-state index in [4.69, 9.17) is 0 Å². The summed E-state index contributed by atoms with van der Waals surface area (Å²) in [7, 11) is 0. The quantitative estimate of drug-likeness (QED) is 0.468. The second-order valence-corrected chi connectivity index (χ2v) is 6.68. The van der Waals surface area contributed by atoms with Gasteiger partial charge in [-0.3, -0.25) is 4.79 Å². The second kappa shape index (κ2) is 5.44. The van der Waals surface area contributed by atoms with Crippen LogP contribution in [0.4, 0.5) is 5.69 Å². The van der Waals surface area contributed by atoms with Crippen LogP contribution < -0.4 is 5.32 Å². The molecule has 6 heteroatoms. The van der Waals surface area contributed by atoms with Crippen molar-refractivity contribution in [2.24, 2.45) is 0 Å². The Bertz CT molecular complexity index is 844. The topological polar surface area (TPSA) is 69.6 Å². The highest BCUT2D eigenvalue weighted by atomic mass is 79.9. The summed E-state index contributed by atoms with van der Waals surface area (Å²) in [4.78, 5) is 12.3. The molecule has 3 rings (SSSR count). The van der Waals surface area contributed by atoms with E-state index in [0.717, 1.165) is 20.1 Å². The van der Waals surface area contributed by atoms with Crippen LogP contribution in [0.2, 0.25) is 0 Å². The fraction of sp³-hybridized carbons (Fsp3) is 0.0625. The summed E-state index contributed by atoms with van der Waals surface area (Å²) in [5.74, 6) is -0.228. The number of carbonyl (C=O) groups excluding carboxylic acids is 1. The van der Waals surface area contributed by atoms with E-state index >= 15 is 0 Å². The lowest BCUT2D eigenvalue weighted by Crippen LogP contribution is -2.03. The van der Waals surface area contributed by atoms with Gasteiger partial charge in [-0.25, -0.2) is 0 Å². The fourth-order valence-electron chi connectivity index (χ4n) is 2.42. The first-order valence-corrected chi connectivity index (χ1v) is 8.01. The van der Waals surface area contributed by atoms with Gasteiger partial charge >= 0.3 is 0 Å². The highest BCUT2D eigenvalue weighted by Gasteiger charge is 2.29. The first-order valence-electron chi connectivity index (χ1n) is 6.42. The Kier molecular flexibility index (Phi) is 3.74. The van der Waals surface area contributed by atoms with Gasteiger partial charge in [-0.2, -0.15) is 0 Å². The molecule has 22 heavy (non-hydrogen) atoms. The third-order valence-electron chi connectivity index (χ3n) is 3.54. The Balaban J connectivity index is 2.25. The number of nitrogens with one attached hydrogen (secondary N) is 1. The van der Waals surface area contributed by atoms with Crippen molar-refractivity contribution in [3.63, 3.8) is 0 Å². The Hall–Kier alpha value is -1.79. The van der Waals surface area contributed by atoms with Crippen molar-refractivity contribution in [1.29, 1.82) is 0 Å². The summed E-state index contributed by atoms with van der Waals surface area (Å²) in [6.07, 6.45) is 1.57. The number of phenols is 2.